The first-order chi connectivity index (χ1) is 10.7. The van der Waals surface area contributed by atoms with E-state index >= 15 is 0 Å². The molecule has 0 atom stereocenters. The summed E-state index contributed by atoms with van der Waals surface area (Å²) in [5.74, 6) is -2.54. The number of benzene rings is 2. The second-order valence-electron chi connectivity index (χ2n) is 5.12. The zero-order valence-electron chi connectivity index (χ0n) is 12.5. The molecule has 0 amide bonds. The first-order valence-electron chi connectivity index (χ1n) is 6.72. The van der Waals surface area contributed by atoms with Crippen LogP contribution in [0, 0.1) is 13.8 Å². The molecule has 0 bridgehead atoms. The van der Waals surface area contributed by atoms with Crippen LogP contribution in [-0.4, -0.2) is 31.3 Å². The van der Waals surface area contributed by atoms with Crippen LogP contribution in [0.5, 0.6) is 28.7 Å². The number of ketones is 1. The number of allylic oxidation sites excluding steroid dienone is 1. The lowest BCUT2D eigenvalue weighted by Gasteiger charge is -2.12. The van der Waals surface area contributed by atoms with Crippen molar-refractivity contribution >= 4 is 11.9 Å². The van der Waals surface area contributed by atoms with Crippen molar-refractivity contribution in [1.29, 1.82) is 0 Å². The zero-order valence-corrected chi connectivity index (χ0v) is 12.5. The molecular formula is C17H16O6. The van der Waals surface area contributed by atoms with Gasteiger partial charge in [0.2, 0.25) is 0 Å². The molecule has 2 rings (SSSR count). The largest absolute Gasteiger partial charge is 0.507 e. The fourth-order valence-electron chi connectivity index (χ4n) is 2.13. The zero-order chi connectivity index (χ0) is 17.3. The summed E-state index contributed by atoms with van der Waals surface area (Å²) in [7, 11) is 0. The van der Waals surface area contributed by atoms with Gasteiger partial charge in [0.05, 0.1) is 0 Å². The summed E-state index contributed by atoms with van der Waals surface area (Å²) in [4.78, 5) is 12.2. The highest BCUT2D eigenvalue weighted by Crippen LogP contribution is 2.41. The first-order valence-corrected chi connectivity index (χ1v) is 6.72. The van der Waals surface area contributed by atoms with Crippen LogP contribution in [0.3, 0.4) is 0 Å². The summed E-state index contributed by atoms with van der Waals surface area (Å²) in [6.45, 7) is 2.85. The van der Waals surface area contributed by atoms with Gasteiger partial charge in [-0.15, -0.1) is 0 Å². The molecule has 0 saturated carbocycles. The number of carbonyl (C=O) groups excluding carboxylic acids is 1. The molecule has 2 aromatic rings. The van der Waals surface area contributed by atoms with Crippen molar-refractivity contribution in [2.75, 3.05) is 0 Å². The molecule has 0 fully saturated rings. The maximum Gasteiger partial charge on any atom is 0.193 e. The summed E-state index contributed by atoms with van der Waals surface area (Å²) < 4.78 is 0. The first kappa shape index (κ1) is 16.2. The third kappa shape index (κ3) is 2.91. The molecule has 0 radical (unpaired) electrons. The van der Waals surface area contributed by atoms with Crippen molar-refractivity contribution in [3.8, 4) is 28.7 Å². The smallest absolute Gasteiger partial charge is 0.193 e. The fourth-order valence-corrected chi connectivity index (χ4v) is 2.13. The van der Waals surface area contributed by atoms with Gasteiger partial charge in [-0.2, -0.15) is 0 Å². The van der Waals surface area contributed by atoms with E-state index < -0.39 is 17.3 Å². The Balaban J connectivity index is 2.42. The number of rotatable bonds is 3. The Hall–Kier alpha value is -3.15. The van der Waals surface area contributed by atoms with Crippen molar-refractivity contribution in [3.63, 3.8) is 0 Å². The molecule has 120 valence electrons. The third-order valence-corrected chi connectivity index (χ3v) is 3.57. The molecule has 0 aliphatic carbocycles. The van der Waals surface area contributed by atoms with Crippen LogP contribution in [0.1, 0.15) is 27.0 Å². The van der Waals surface area contributed by atoms with E-state index in [9.17, 15) is 30.3 Å². The van der Waals surface area contributed by atoms with Crippen molar-refractivity contribution in [3.05, 3.63) is 46.5 Å². The van der Waals surface area contributed by atoms with Crippen LogP contribution >= 0.6 is 0 Å². The molecule has 6 nitrogen and oxygen atoms in total. The van der Waals surface area contributed by atoms with Crippen molar-refractivity contribution < 1.29 is 30.3 Å². The van der Waals surface area contributed by atoms with Crippen LogP contribution in [0.2, 0.25) is 0 Å². The monoisotopic (exact) mass is 316 g/mol. The number of hydrogen-bond donors (Lipinski definition) is 5. The van der Waals surface area contributed by atoms with Gasteiger partial charge in [-0.1, -0.05) is 12.1 Å². The van der Waals surface area contributed by atoms with Crippen molar-refractivity contribution in [2.24, 2.45) is 0 Å². The molecule has 0 unspecified atom stereocenters. The van der Waals surface area contributed by atoms with E-state index in [0.29, 0.717) is 5.56 Å². The number of phenols is 5. The molecule has 0 aliphatic rings. The average Bonchev–Trinajstić information content (AvgIpc) is 2.52. The van der Waals surface area contributed by atoms with Crippen molar-refractivity contribution in [1.82, 2.24) is 0 Å². The Kier molecular flexibility index (Phi) is 4.18. The summed E-state index contributed by atoms with van der Waals surface area (Å²) in [6, 6.07) is 4.00. The minimum absolute atomic E-state index is 0.0966. The minimum Gasteiger partial charge on any atom is -0.507 e. The van der Waals surface area contributed by atoms with E-state index in [1.54, 1.807) is 0 Å². The van der Waals surface area contributed by atoms with E-state index in [-0.39, 0.29) is 33.9 Å². The second kappa shape index (κ2) is 5.92. The molecule has 6 heteroatoms. The molecule has 0 heterocycles. The summed E-state index contributed by atoms with van der Waals surface area (Å²) in [5.41, 5.74) is 0.329. The highest BCUT2D eigenvalue weighted by atomic mass is 16.3. The summed E-state index contributed by atoms with van der Waals surface area (Å²) in [6.07, 6.45) is 2.47. The van der Waals surface area contributed by atoms with E-state index in [2.05, 4.69) is 0 Å². The molecule has 0 aliphatic heterocycles. The third-order valence-electron chi connectivity index (χ3n) is 3.57. The van der Waals surface area contributed by atoms with Gasteiger partial charge in [0.25, 0.3) is 0 Å². The predicted octanol–water partition coefficient (Wildman–Crippen LogP) is 2.73. The Bertz CT molecular complexity index is 791. The van der Waals surface area contributed by atoms with Crippen LogP contribution in [0.25, 0.3) is 6.08 Å². The van der Waals surface area contributed by atoms with Gasteiger partial charge in [-0.05, 0) is 37.6 Å². The number of carbonyl (C=O) groups is 1. The summed E-state index contributed by atoms with van der Waals surface area (Å²) in [5, 5.41) is 48.3. The highest BCUT2D eigenvalue weighted by Gasteiger charge is 2.22. The molecule has 0 spiro atoms. The SMILES string of the molecule is Cc1c(O)c(C)c(O)c(C(=O)/C=C/c2ccc(O)c(O)c2)c1O. The van der Waals surface area contributed by atoms with E-state index in [0.717, 1.165) is 6.08 Å². The maximum absolute atomic E-state index is 12.2. The molecule has 0 saturated heterocycles. The highest BCUT2D eigenvalue weighted by molar-refractivity contribution is 6.11. The molecular weight excluding hydrogens is 300 g/mol. The topological polar surface area (TPSA) is 118 Å². The van der Waals surface area contributed by atoms with Crippen LogP contribution in [-0.2, 0) is 0 Å². The standard InChI is InChI=1S/C17H16O6/c1-8-15(21)9(2)17(23)14(16(8)22)12(19)6-4-10-3-5-11(18)13(20)7-10/h3-7,18,20-23H,1-2H3/b6-4+. The molecule has 5 N–H and O–H groups in total. The van der Waals surface area contributed by atoms with Crippen LogP contribution in [0.15, 0.2) is 24.3 Å². The maximum atomic E-state index is 12.2. The quantitative estimate of drug-likeness (QED) is 0.337. The fraction of sp³-hybridized carbons (Fsp3) is 0.118. The van der Waals surface area contributed by atoms with E-state index in [4.69, 9.17) is 0 Å². The van der Waals surface area contributed by atoms with Gasteiger partial charge in [-0.3, -0.25) is 4.79 Å². The van der Waals surface area contributed by atoms with E-state index in [1.807, 2.05) is 0 Å². The Morgan fingerprint density at radius 1 is 0.870 bits per heavy atom. The normalized spacial score (nSPS) is 11.0. The van der Waals surface area contributed by atoms with Gasteiger partial charge in [0.15, 0.2) is 17.3 Å². The average molecular weight is 316 g/mol. The lowest BCUT2D eigenvalue weighted by Crippen LogP contribution is -1.99. The van der Waals surface area contributed by atoms with Crippen LogP contribution < -0.4 is 0 Å². The summed E-state index contributed by atoms with van der Waals surface area (Å²) >= 11 is 0. The Morgan fingerprint density at radius 3 is 1.96 bits per heavy atom. The van der Waals surface area contributed by atoms with E-state index in [1.165, 1.54) is 38.1 Å². The Labute approximate surface area is 132 Å². The van der Waals surface area contributed by atoms with Gasteiger partial charge in [-0.25, -0.2) is 0 Å². The van der Waals surface area contributed by atoms with Gasteiger partial charge < -0.3 is 25.5 Å². The number of hydrogen-bond acceptors (Lipinski definition) is 6. The number of aromatic hydroxyl groups is 5. The molecule has 23 heavy (non-hydrogen) atoms. The van der Waals surface area contributed by atoms with Crippen molar-refractivity contribution in [2.45, 2.75) is 13.8 Å². The van der Waals surface area contributed by atoms with Gasteiger partial charge in [0.1, 0.15) is 22.8 Å². The molecule has 0 aromatic heterocycles. The molecule has 2 aromatic carbocycles. The lowest BCUT2D eigenvalue weighted by molar-refractivity contribution is 0.104. The van der Waals surface area contributed by atoms with Gasteiger partial charge >= 0.3 is 0 Å². The minimum atomic E-state index is -0.668. The second-order valence-corrected chi connectivity index (χ2v) is 5.12. The Morgan fingerprint density at radius 2 is 1.43 bits per heavy atom. The van der Waals surface area contributed by atoms with Crippen LogP contribution in [0.4, 0.5) is 0 Å². The predicted molar refractivity (Wildman–Crippen MR) is 84.0 cm³/mol. The number of phenolic OH excluding ortho intramolecular Hbond substituents is 5. The lowest BCUT2D eigenvalue weighted by atomic mass is 9.98. The van der Waals surface area contributed by atoms with Gasteiger partial charge in [0, 0.05) is 11.1 Å².